The van der Waals surface area contributed by atoms with Crippen molar-refractivity contribution in [3.05, 3.63) is 65.5 Å². The molecule has 27 heavy (non-hydrogen) atoms. The molecule has 7 heteroatoms. The van der Waals surface area contributed by atoms with Crippen LogP contribution in [-0.2, 0) is 15.3 Å². The maximum Gasteiger partial charge on any atom is 0.225 e. The Kier molecular flexibility index (Phi) is 6.47. The van der Waals surface area contributed by atoms with E-state index in [0.29, 0.717) is 5.75 Å². The van der Waals surface area contributed by atoms with Gasteiger partial charge in [-0.25, -0.2) is 4.39 Å². The molecule has 3 rings (SSSR count). The van der Waals surface area contributed by atoms with E-state index in [9.17, 15) is 14.0 Å². The van der Waals surface area contributed by atoms with Crippen molar-refractivity contribution >= 4 is 29.3 Å². The summed E-state index contributed by atoms with van der Waals surface area (Å²) >= 11 is 1.50. The van der Waals surface area contributed by atoms with Gasteiger partial charge in [-0.1, -0.05) is 24.3 Å². The summed E-state index contributed by atoms with van der Waals surface area (Å²) in [7, 11) is 0. The zero-order valence-corrected chi connectivity index (χ0v) is 15.8. The summed E-state index contributed by atoms with van der Waals surface area (Å²) in [5.74, 6) is 0.141. The second-order valence-corrected chi connectivity index (χ2v) is 7.67. The summed E-state index contributed by atoms with van der Waals surface area (Å²) in [6.45, 7) is 1.96. The van der Waals surface area contributed by atoms with Gasteiger partial charge in [0, 0.05) is 30.3 Å². The third-order valence-electron chi connectivity index (χ3n) is 4.17. The summed E-state index contributed by atoms with van der Waals surface area (Å²) < 4.78 is 13.0. The molecular formula is C20H22FN3O2S. The van der Waals surface area contributed by atoms with E-state index < -0.39 is 0 Å². The first-order chi connectivity index (χ1) is 13.0. The number of hydrogen-bond acceptors (Lipinski definition) is 4. The third kappa shape index (κ3) is 6.08. The first-order valence-electron chi connectivity index (χ1n) is 8.76. The monoisotopic (exact) mass is 387 g/mol. The summed E-state index contributed by atoms with van der Waals surface area (Å²) in [6, 6.07) is 13.6. The number of hydrogen-bond donors (Lipinski definition) is 3. The van der Waals surface area contributed by atoms with Gasteiger partial charge in [0.1, 0.15) is 11.3 Å². The van der Waals surface area contributed by atoms with E-state index in [0.717, 1.165) is 16.8 Å². The number of carbonyl (C=O) groups is 2. The van der Waals surface area contributed by atoms with Crippen LogP contribution in [-0.4, -0.2) is 23.4 Å². The minimum absolute atomic E-state index is 0.0845. The maximum absolute atomic E-state index is 13.0. The van der Waals surface area contributed by atoms with Gasteiger partial charge in [0.2, 0.25) is 11.8 Å². The van der Waals surface area contributed by atoms with Crippen LogP contribution in [0.15, 0.2) is 48.5 Å². The summed E-state index contributed by atoms with van der Waals surface area (Å²) in [5.41, 5.74) is 2.51. The molecule has 1 fully saturated rings. The second-order valence-electron chi connectivity index (χ2n) is 6.57. The van der Waals surface area contributed by atoms with Gasteiger partial charge in [0.15, 0.2) is 0 Å². The number of nitrogens with one attached hydrogen (secondary N) is 3. The van der Waals surface area contributed by atoms with E-state index in [1.807, 2.05) is 31.2 Å². The van der Waals surface area contributed by atoms with Gasteiger partial charge >= 0.3 is 0 Å². The highest BCUT2D eigenvalue weighted by molar-refractivity contribution is 7.99. The van der Waals surface area contributed by atoms with Crippen LogP contribution in [0.1, 0.15) is 24.0 Å². The zero-order valence-electron chi connectivity index (χ0n) is 15.0. The number of halogens is 1. The van der Waals surface area contributed by atoms with Crippen LogP contribution in [0.5, 0.6) is 0 Å². The molecule has 0 radical (unpaired) electrons. The molecule has 5 nitrogen and oxygen atoms in total. The van der Waals surface area contributed by atoms with Crippen molar-refractivity contribution in [3.63, 3.8) is 0 Å². The molecule has 2 aromatic rings. The molecule has 2 unspecified atom stereocenters. The minimum Gasteiger partial charge on any atom is -0.332 e. The van der Waals surface area contributed by atoms with E-state index in [4.69, 9.17) is 0 Å². The van der Waals surface area contributed by atoms with Crippen molar-refractivity contribution in [2.24, 2.45) is 0 Å². The molecular weight excluding hydrogens is 365 g/mol. The van der Waals surface area contributed by atoms with Crippen LogP contribution in [0.2, 0.25) is 0 Å². The van der Waals surface area contributed by atoms with Gasteiger partial charge in [0.25, 0.3) is 0 Å². The Morgan fingerprint density at radius 3 is 2.78 bits per heavy atom. The first-order valence-corrected chi connectivity index (χ1v) is 9.81. The Morgan fingerprint density at radius 2 is 2.04 bits per heavy atom. The topological polar surface area (TPSA) is 70.2 Å². The molecule has 3 N–H and O–H groups in total. The van der Waals surface area contributed by atoms with Crippen molar-refractivity contribution in [1.29, 1.82) is 0 Å². The highest BCUT2D eigenvalue weighted by Crippen LogP contribution is 2.19. The maximum atomic E-state index is 13.0. The highest BCUT2D eigenvalue weighted by atomic mass is 32.2. The Balaban J connectivity index is 1.51. The van der Waals surface area contributed by atoms with Crippen molar-refractivity contribution in [2.45, 2.75) is 37.1 Å². The largest absolute Gasteiger partial charge is 0.332 e. The molecule has 1 heterocycles. The fourth-order valence-electron chi connectivity index (χ4n) is 2.88. The van der Waals surface area contributed by atoms with Gasteiger partial charge in [-0.2, -0.15) is 0 Å². The van der Waals surface area contributed by atoms with E-state index in [1.165, 1.54) is 23.9 Å². The van der Waals surface area contributed by atoms with E-state index in [-0.39, 0.29) is 42.0 Å². The van der Waals surface area contributed by atoms with Gasteiger partial charge in [-0.3, -0.25) is 14.9 Å². The van der Waals surface area contributed by atoms with Crippen molar-refractivity contribution in [3.8, 4) is 0 Å². The van der Waals surface area contributed by atoms with Crippen LogP contribution in [0.4, 0.5) is 10.1 Å². The Bertz CT molecular complexity index is 813. The van der Waals surface area contributed by atoms with Crippen LogP contribution in [0.25, 0.3) is 0 Å². The number of amides is 2. The lowest BCUT2D eigenvalue weighted by molar-refractivity contribution is -0.124. The van der Waals surface area contributed by atoms with E-state index in [1.54, 1.807) is 12.1 Å². The quantitative estimate of drug-likeness (QED) is 0.712. The minimum atomic E-state index is -0.284. The Hall–Kier alpha value is -2.38. The van der Waals surface area contributed by atoms with Crippen molar-refractivity contribution in [2.75, 3.05) is 5.32 Å². The molecule has 2 amide bonds. The summed E-state index contributed by atoms with van der Waals surface area (Å²) in [6.07, 6.45) is 0.476. The first kappa shape index (κ1) is 19.4. The summed E-state index contributed by atoms with van der Waals surface area (Å²) in [5, 5.41) is 9.03. The number of anilines is 1. The molecule has 1 aliphatic rings. The van der Waals surface area contributed by atoms with Gasteiger partial charge < -0.3 is 10.6 Å². The van der Waals surface area contributed by atoms with Crippen molar-refractivity contribution in [1.82, 2.24) is 10.6 Å². The van der Waals surface area contributed by atoms with Crippen LogP contribution >= 0.6 is 11.8 Å². The molecule has 1 aliphatic heterocycles. The normalized spacial score (nSPS) is 19.4. The third-order valence-corrected chi connectivity index (χ3v) is 5.26. The molecule has 0 aliphatic carbocycles. The fraction of sp³-hybridized carbons (Fsp3) is 0.300. The number of benzene rings is 2. The molecule has 0 spiro atoms. The molecule has 0 bridgehead atoms. The molecule has 142 valence electrons. The van der Waals surface area contributed by atoms with Crippen molar-refractivity contribution < 1.29 is 14.0 Å². The smallest absolute Gasteiger partial charge is 0.225 e. The summed E-state index contributed by atoms with van der Waals surface area (Å²) in [4.78, 5) is 24.3. The van der Waals surface area contributed by atoms with E-state index in [2.05, 4.69) is 16.0 Å². The van der Waals surface area contributed by atoms with Gasteiger partial charge in [0.05, 0.1) is 0 Å². The number of thioether (sulfide) groups is 1. The highest BCUT2D eigenvalue weighted by Gasteiger charge is 2.27. The lowest BCUT2D eigenvalue weighted by atomic mass is 10.1. The average Bonchev–Trinajstić information content (AvgIpc) is 2.60. The molecule has 1 saturated heterocycles. The number of aryl methyl sites for hydroxylation is 1. The second kappa shape index (κ2) is 9.01. The standard InChI is InChI=1S/C20H22FN3O2S/c1-13-3-2-4-16(9-13)22-18(25)10-17-11-19(26)24-20(23-17)27-12-14-5-7-15(21)8-6-14/h2-9,17,20,23H,10-12H2,1H3,(H,22,25)(H,24,26). The lowest BCUT2D eigenvalue weighted by Gasteiger charge is -2.31. The fourth-order valence-corrected chi connectivity index (χ4v) is 3.94. The molecule has 2 atom stereocenters. The van der Waals surface area contributed by atoms with E-state index >= 15 is 0 Å². The SMILES string of the molecule is Cc1cccc(NC(=O)CC2CC(=O)NC(SCc3ccc(F)cc3)N2)c1. The van der Waals surface area contributed by atoms with Crippen LogP contribution < -0.4 is 16.0 Å². The average molecular weight is 387 g/mol. The Labute approximate surface area is 162 Å². The number of carbonyl (C=O) groups excluding carboxylic acids is 2. The lowest BCUT2D eigenvalue weighted by Crippen LogP contribution is -2.55. The number of rotatable bonds is 6. The predicted molar refractivity (Wildman–Crippen MR) is 106 cm³/mol. The predicted octanol–water partition coefficient (Wildman–Crippen LogP) is 3.16. The molecule has 0 saturated carbocycles. The Morgan fingerprint density at radius 1 is 1.26 bits per heavy atom. The van der Waals surface area contributed by atoms with Gasteiger partial charge in [-0.05, 0) is 42.3 Å². The zero-order chi connectivity index (χ0) is 19.2. The van der Waals surface area contributed by atoms with Crippen LogP contribution in [0.3, 0.4) is 0 Å². The van der Waals surface area contributed by atoms with Gasteiger partial charge in [-0.15, -0.1) is 11.8 Å². The van der Waals surface area contributed by atoms with Crippen LogP contribution in [0, 0.1) is 12.7 Å². The molecule has 0 aromatic heterocycles. The molecule has 2 aromatic carbocycles.